The number of hydrogen-bond acceptors (Lipinski definition) is 6. The van der Waals surface area contributed by atoms with Gasteiger partial charge >= 0.3 is 0 Å². The highest BCUT2D eigenvalue weighted by molar-refractivity contribution is 7.17. The predicted octanol–water partition coefficient (Wildman–Crippen LogP) is 5.76. The zero-order chi connectivity index (χ0) is 25.3. The lowest BCUT2D eigenvalue weighted by atomic mass is 9.99. The van der Waals surface area contributed by atoms with Crippen LogP contribution >= 0.6 is 11.3 Å². The molecule has 0 saturated heterocycles. The number of amides is 2. The third kappa shape index (κ3) is 4.95. The fourth-order valence-electron chi connectivity index (χ4n) is 3.65. The van der Waals surface area contributed by atoms with E-state index < -0.39 is 0 Å². The number of anilines is 1. The summed E-state index contributed by atoms with van der Waals surface area (Å²) >= 11 is 1.13. The van der Waals surface area contributed by atoms with Crippen molar-refractivity contribution in [1.82, 2.24) is 9.88 Å². The van der Waals surface area contributed by atoms with Crippen molar-refractivity contribution in [3.05, 3.63) is 70.7 Å². The van der Waals surface area contributed by atoms with E-state index in [0.717, 1.165) is 27.8 Å². The lowest BCUT2D eigenvalue weighted by molar-refractivity contribution is -0.111. The van der Waals surface area contributed by atoms with E-state index in [1.54, 1.807) is 59.5 Å². The number of ether oxygens (including phenoxy) is 1. The monoisotopic (exact) mass is 493 g/mol. The van der Waals surface area contributed by atoms with Crippen LogP contribution in [0.25, 0.3) is 27.7 Å². The summed E-state index contributed by atoms with van der Waals surface area (Å²) in [6.07, 6.45) is 3.07. The molecule has 0 aliphatic carbocycles. The van der Waals surface area contributed by atoms with Gasteiger partial charge in [-0.2, -0.15) is 0 Å². The minimum Gasteiger partial charge on any atom is -0.496 e. The number of methoxy groups -OCH3 is 1. The van der Waals surface area contributed by atoms with Gasteiger partial charge in [0.25, 0.3) is 5.91 Å². The number of carbonyl (C=O) groups excluding carboxylic acids is 2. The summed E-state index contributed by atoms with van der Waals surface area (Å²) in [7, 11) is 4.87. The van der Waals surface area contributed by atoms with Crippen molar-refractivity contribution in [3.8, 4) is 16.9 Å². The van der Waals surface area contributed by atoms with Gasteiger partial charge in [-0.1, -0.05) is 23.5 Å². The number of benzene rings is 2. The van der Waals surface area contributed by atoms with E-state index in [4.69, 9.17) is 9.15 Å². The van der Waals surface area contributed by atoms with E-state index in [-0.39, 0.29) is 17.6 Å². The van der Waals surface area contributed by atoms with Gasteiger partial charge in [0.15, 0.2) is 5.13 Å². The minimum absolute atomic E-state index is 0.165. The van der Waals surface area contributed by atoms with E-state index in [1.807, 2.05) is 6.07 Å². The Labute approximate surface area is 205 Å². The Morgan fingerprint density at radius 2 is 1.91 bits per heavy atom. The first kappa shape index (κ1) is 24.2. The van der Waals surface area contributed by atoms with Gasteiger partial charge in [0.1, 0.15) is 22.0 Å². The molecule has 180 valence electrons. The molecule has 4 aromatic rings. The summed E-state index contributed by atoms with van der Waals surface area (Å²) < 4.78 is 24.6. The zero-order valence-electron chi connectivity index (χ0n) is 19.9. The number of thiazole rings is 1. The molecule has 9 heteroatoms. The Balaban J connectivity index is 1.65. The summed E-state index contributed by atoms with van der Waals surface area (Å²) in [6, 6.07) is 9.81. The fraction of sp³-hybridized carbons (Fsp3) is 0.192. The number of halogens is 1. The second kappa shape index (κ2) is 9.71. The van der Waals surface area contributed by atoms with Crippen LogP contribution in [0, 0.1) is 12.7 Å². The van der Waals surface area contributed by atoms with E-state index in [0.29, 0.717) is 38.2 Å². The predicted molar refractivity (Wildman–Crippen MR) is 135 cm³/mol. The first-order chi connectivity index (χ1) is 16.7. The second-order valence-electron chi connectivity index (χ2n) is 8.15. The van der Waals surface area contributed by atoms with Gasteiger partial charge in [0.2, 0.25) is 5.91 Å². The van der Waals surface area contributed by atoms with Crippen molar-refractivity contribution in [3.63, 3.8) is 0 Å². The van der Waals surface area contributed by atoms with Gasteiger partial charge in [-0.3, -0.25) is 14.9 Å². The van der Waals surface area contributed by atoms with Crippen LogP contribution in [0.1, 0.15) is 27.9 Å². The molecule has 0 aliphatic rings. The summed E-state index contributed by atoms with van der Waals surface area (Å²) in [5.41, 5.74) is 4.15. The van der Waals surface area contributed by atoms with Gasteiger partial charge in [-0.25, -0.2) is 9.37 Å². The van der Waals surface area contributed by atoms with Crippen molar-refractivity contribution in [2.24, 2.45) is 0 Å². The number of fused-ring (bicyclic) bond motifs is 1. The van der Waals surface area contributed by atoms with Crippen molar-refractivity contribution < 1.29 is 23.1 Å². The molecule has 0 atom stereocenters. The number of furan rings is 1. The fourth-order valence-corrected chi connectivity index (χ4v) is 4.64. The average Bonchev–Trinajstić information content (AvgIpc) is 3.40. The molecule has 0 saturated carbocycles. The second-order valence-corrected chi connectivity index (χ2v) is 9.15. The maximum absolute atomic E-state index is 13.4. The molecule has 0 radical (unpaired) electrons. The maximum Gasteiger partial charge on any atom is 0.265 e. The number of aryl methyl sites for hydroxylation is 1. The highest BCUT2D eigenvalue weighted by atomic mass is 32.1. The first-order valence-electron chi connectivity index (χ1n) is 10.7. The molecule has 2 amide bonds. The van der Waals surface area contributed by atoms with Crippen molar-refractivity contribution >= 4 is 44.8 Å². The topological polar surface area (TPSA) is 84.7 Å². The van der Waals surface area contributed by atoms with Crippen LogP contribution in [0.15, 0.2) is 53.2 Å². The molecule has 0 unspecified atom stereocenters. The first-order valence-corrected chi connectivity index (χ1v) is 11.5. The van der Waals surface area contributed by atoms with Gasteiger partial charge in [0, 0.05) is 42.8 Å². The molecular formula is C26H24FN3O4S. The summed E-state index contributed by atoms with van der Waals surface area (Å²) in [4.78, 5) is 31.2. The normalized spacial score (nSPS) is 11.5. The Kier molecular flexibility index (Phi) is 6.70. The number of nitrogens with zero attached hydrogens (tertiary/aromatic N) is 2. The van der Waals surface area contributed by atoms with Crippen LogP contribution in [0.5, 0.6) is 5.75 Å². The number of nitrogens with one attached hydrogen (secondary N) is 1. The molecule has 0 fully saturated rings. The molecule has 1 N–H and O–H groups in total. The van der Waals surface area contributed by atoms with Crippen LogP contribution in [0.3, 0.4) is 0 Å². The van der Waals surface area contributed by atoms with Crippen LogP contribution < -0.4 is 10.1 Å². The molecule has 0 spiro atoms. The highest BCUT2D eigenvalue weighted by Crippen LogP contribution is 2.37. The summed E-state index contributed by atoms with van der Waals surface area (Å²) in [5.74, 6) is -0.319. The molecule has 35 heavy (non-hydrogen) atoms. The SMILES string of the molecule is COc1cc2occ(-c3ccc(F)cc3)c2cc1/C(C)=C/C(=O)Nc1nc(C)c(C(=O)N(C)C)s1. The van der Waals surface area contributed by atoms with Crippen molar-refractivity contribution in [2.75, 3.05) is 26.5 Å². The van der Waals surface area contributed by atoms with E-state index in [1.165, 1.54) is 23.1 Å². The smallest absolute Gasteiger partial charge is 0.265 e. The lowest BCUT2D eigenvalue weighted by Gasteiger charge is -2.10. The molecule has 7 nitrogen and oxygen atoms in total. The van der Waals surface area contributed by atoms with Crippen molar-refractivity contribution in [2.45, 2.75) is 13.8 Å². The largest absolute Gasteiger partial charge is 0.496 e. The van der Waals surface area contributed by atoms with Crippen LogP contribution in [0.4, 0.5) is 9.52 Å². The highest BCUT2D eigenvalue weighted by Gasteiger charge is 2.18. The van der Waals surface area contributed by atoms with E-state index >= 15 is 0 Å². The van der Waals surface area contributed by atoms with Crippen molar-refractivity contribution in [1.29, 1.82) is 0 Å². The van der Waals surface area contributed by atoms with Crippen LogP contribution in [-0.2, 0) is 4.79 Å². The number of aromatic nitrogens is 1. The Morgan fingerprint density at radius 3 is 2.57 bits per heavy atom. The quantitative estimate of drug-likeness (QED) is 0.346. The zero-order valence-corrected chi connectivity index (χ0v) is 20.7. The standard InChI is InChI=1S/C26H24FN3O4S/c1-14(10-23(31)29-26-28-15(2)24(35-26)25(32)30(3)4)18-11-19-20(16-6-8-17(27)9-7-16)13-34-22(19)12-21(18)33-5/h6-13H,1-5H3,(H,28,29,31)/b14-10+. The number of hydrogen-bond donors (Lipinski definition) is 1. The Bertz CT molecular complexity index is 1450. The third-order valence-corrected chi connectivity index (χ3v) is 6.51. The maximum atomic E-state index is 13.4. The molecule has 2 heterocycles. The van der Waals surface area contributed by atoms with Gasteiger partial charge < -0.3 is 14.1 Å². The number of allylic oxidation sites excluding steroid dienone is 1. The average molecular weight is 494 g/mol. The van der Waals surface area contributed by atoms with Crippen LogP contribution in [0.2, 0.25) is 0 Å². The lowest BCUT2D eigenvalue weighted by Crippen LogP contribution is -2.21. The Morgan fingerprint density at radius 1 is 1.20 bits per heavy atom. The molecule has 0 aliphatic heterocycles. The summed E-state index contributed by atoms with van der Waals surface area (Å²) in [6.45, 7) is 3.53. The number of carbonyl (C=O) groups is 2. The minimum atomic E-state index is -0.381. The molecule has 2 aromatic heterocycles. The van der Waals surface area contributed by atoms with Crippen LogP contribution in [-0.4, -0.2) is 42.9 Å². The third-order valence-electron chi connectivity index (χ3n) is 5.45. The van der Waals surface area contributed by atoms with E-state index in [2.05, 4.69) is 10.3 Å². The van der Waals surface area contributed by atoms with Gasteiger partial charge in [0.05, 0.1) is 19.1 Å². The molecule has 4 rings (SSSR count). The molecule has 2 aromatic carbocycles. The Hall–Kier alpha value is -3.98. The number of rotatable bonds is 6. The molecule has 0 bridgehead atoms. The molecular weight excluding hydrogens is 469 g/mol. The van der Waals surface area contributed by atoms with Gasteiger partial charge in [-0.05, 0) is 43.2 Å². The summed E-state index contributed by atoms with van der Waals surface area (Å²) in [5, 5.41) is 3.89. The van der Waals surface area contributed by atoms with Gasteiger partial charge in [-0.15, -0.1) is 0 Å². The van der Waals surface area contributed by atoms with E-state index in [9.17, 15) is 14.0 Å².